The van der Waals surface area contributed by atoms with Crippen molar-refractivity contribution in [3.63, 3.8) is 0 Å². The molecule has 3 rings (SSSR count). The van der Waals surface area contributed by atoms with Crippen molar-refractivity contribution in [1.29, 1.82) is 0 Å². The van der Waals surface area contributed by atoms with E-state index in [4.69, 9.17) is 21.4 Å². The highest BCUT2D eigenvalue weighted by atomic mass is 35.5. The molecule has 6 nitrogen and oxygen atoms in total. The van der Waals surface area contributed by atoms with E-state index in [0.717, 1.165) is 28.5 Å². The molecular formula is C22H25ClN2O4. The fraction of sp³-hybridized carbons (Fsp3) is 0.318. The second-order valence-corrected chi connectivity index (χ2v) is 7.61. The van der Waals surface area contributed by atoms with Crippen molar-refractivity contribution in [1.82, 2.24) is 10.3 Å². The maximum absolute atomic E-state index is 11.1. The van der Waals surface area contributed by atoms with Crippen LogP contribution in [-0.4, -0.2) is 39.9 Å². The minimum absolute atomic E-state index is 0.116. The number of carboxylic acids is 1. The van der Waals surface area contributed by atoms with Crippen molar-refractivity contribution in [3.05, 3.63) is 64.8 Å². The zero-order valence-corrected chi connectivity index (χ0v) is 17.1. The van der Waals surface area contributed by atoms with E-state index in [9.17, 15) is 9.90 Å². The lowest BCUT2D eigenvalue weighted by molar-refractivity contribution is -0.144. The van der Waals surface area contributed by atoms with Gasteiger partial charge in [-0.15, -0.1) is 0 Å². The minimum atomic E-state index is -1.01. The van der Waals surface area contributed by atoms with Crippen LogP contribution in [0.2, 0.25) is 5.02 Å². The summed E-state index contributed by atoms with van der Waals surface area (Å²) in [6, 6.07) is 12.9. The van der Waals surface area contributed by atoms with Crippen molar-refractivity contribution in [2.24, 2.45) is 0 Å². The number of fused-ring (bicyclic) bond motifs is 1. The van der Waals surface area contributed by atoms with Crippen LogP contribution < -0.4 is 10.1 Å². The summed E-state index contributed by atoms with van der Waals surface area (Å²) in [5.74, 6) is -0.495. The Labute approximate surface area is 174 Å². The maximum Gasteiger partial charge on any atom is 0.344 e. The average molecular weight is 417 g/mol. The smallest absolute Gasteiger partial charge is 0.344 e. The molecule has 1 heterocycles. The molecule has 0 saturated heterocycles. The number of aliphatic hydroxyl groups is 1. The first-order chi connectivity index (χ1) is 13.8. The number of ether oxygens (including phenoxy) is 1. The molecule has 0 radical (unpaired) electrons. The predicted octanol–water partition coefficient (Wildman–Crippen LogP) is 3.93. The van der Waals surface area contributed by atoms with E-state index in [2.05, 4.69) is 17.2 Å². The van der Waals surface area contributed by atoms with Gasteiger partial charge >= 0.3 is 5.97 Å². The lowest BCUT2D eigenvalue weighted by Gasteiger charge is -2.17. The standard InChI is InChI=1S/C22H25ClN2O4/c1-13(24-12-19(26)15-5-3-6-17(23)10-15)9-16-11-25-21-18(16)7-4-8-20(21)29-14(2)22(27)28/h3-8,10-11,13-14,19,24-26H,9,12H2,1-2H3,(H,27,28)/t13-,14-,19-/m1/s1. The third kappa shape index (κ3) is 5.29. The normalized spacial score (nSPS) is 14.5. The number of rotatable bonds is 9. The van der Waals surface area contributed by atoms with E-state index in [0.29, 0.717) is 17.3 Å². The molecule has 0 amide bonds. The van der Waals surface area contributed by atoms with Gasteiger partial charge in [0.2, 0.25) is 0 Å². The van der Waals surface area contributed by atoms with Gasteiger partial charge in [0.05, 0.1) is 11.6 Å². The molecule has 2 aromatic carbocycles. The lowest BCUT2D eigenvalue weighted by Crippen LogP contribution is -2.32. The van der Waals surface area contributed by atoms with Gasteiger partial charge in [0.15, 0.2) is 6.10 Å². The van der Waals surface area contributed by atoms with E-state index >= 15 is 0 Å². The van der Waals surface area contributed by atoms with E-state index in [-0.39, 0.29) is 6.04 Å². The summed E-state index contributed by atoms with van der Waals surface area (Å²) >= 11 is 5.99. The van der Waals surface area contributed by atoms with Crippen LogP contribution >= 0.6 is 11.6 Å². The van der Waals surface area contributed by atoms with Crippen molar-refractivity contribution in [2.45, 2.75) is 38.5 Å². The van der Waals surface area contributed by atoms with E-state index < -0.39 is 18.2 Å². The van der Waals surface area contributed by atoms with Crippen LogP contribution in [0.15, 0.2) is 48.7 Å². The molecule has 4 N–H and O–H groups in total. The van der Waals surface area contributed by atoms with E-state index in [1.807, 2.05) is 30.5 Å². The van der Waals surface area contributed by atoms with Crippen LogP contribution in [0.3, 0.4) is 0 Å². The van der Waals surface area contributed by atoms with E-state index in [1.54, 1.807) is 18.2 Å². The summed E-state index contributed by atoms with van der Waals surface area (Å²) in [6.45, 7) is 3.97. The number of carboxylic acid groups (broad SMARTS) is 1. The van der Waals surface area contributed by atoms with Gasteiger partial charge in [-0.05, 0) is 49.6 Å². The Balaban J connectivity index is 1.64. The molecule has 0 fully saturated rings. The zero-order valence-electron chi connectivity index (χ0n) is 16.4. The predicted molar refractivity (Wildman–Crippen MR) is 114 cm³/mol. The summed E-state index contributed by atoms with van der Waals surface area (Å²) in [5.41, 5.74) is 2.64. The van der Waals surface area contributed by atoms with Gasteiger partial charge < -0.3 is 25.3 Å². The number of aromatic amines is 1. The molecule has 7 heteroatoms. The molecule has 0 spiro atoms. The molecule has 29 heavy (non-hydrogen) atoms. The number of nitrogens with one attached hydrogen (secondary N) is 2. The maximum atomic E-state index is 11.1. The van der Waals surface area contributed by atoms with Gasteiger partial charge in [0.25, 0.3) is 0 Å². The van der Waals surface area contributed by atoms with Gasteiger partial charge in [0.1, 0.15) is 5.75 Å². The summed E-state index contributed by atoms with van der Waals surface area (Å²) in [5, 5.41) is 24.4. The van der Waals surface area contributed by atoms with Gasteiger partial charge in [-0.2, -0.15) is 0 Å². The highest BCUT2D eigenvalue weighted by Gasteiger charge is 2.17. The Bertz CT molecular complexity index is 988. The first-order valence-electron chi connectivity index (χ1n) is 9.50. The fourth-order valence-corrected chi connectivity index (χ4v) is 3.44. The quantitative estimate of drug-likeness (QED) is 0.424. The average Bonchev–Trinajstić information content (AvgIpc) is 3.10. The molecule has 0 unspecified atom stereocenters. The molecular weight excluding hydrogens is 392 g/mol. The number of benzene rings is 2. The van der Waals surface area contributed by atoms with Crippen LogP contribution in [-0.2, 0) is 11.2 Å². The molecule has 3 aromatic rings. The highest BCUT2D eigenvalue weighted by molar-refractivity contribution is 6.30. The second-order valence-electron chi connectivity index (χ2n) is 7.18. The number of carbonyl (C=O) groups is 1. The van der Waals surface area contributed by atoms with Gasteiger partial charge in [-0.1, -0.05) is 35.9 Å². The van der Waals surface area contributed by atoms with Crippen LogP contribution in [0.25, 0.3) is 10.9 Å². The van der Waals surface area contributed by atoms with Gasteiger partial charge in [-0.25, -0.2) is 4.79 Å². The molecule has 0 saturated carbocycles. The second kappa shape index (κ2) is 9.31. The summed E-state index contributed by atoms with van der Waals surface area (Å²) in [6.07, 6.45) is 1.08. The van der Waals surface area contributed by atoms with Gasteiger partial charge in [-0.3, -0.25) is 0 Å². The van der Waals surface area contributed by atoms with Crippen molar-refractivity contribution in [3.8, 4) is 5.75 Å². The zero-order chi connectivity index (χ0) is 21.0. The number of aromatic nitrogens is 1. The first kappa shape index (κ1) is 21.2. The van der Waals surface area contributed by atoms with Crippen molar-refractivity contribution < 1.29 is 19.7 Å². The fourth-order valence-electron chi connectivity index (χ4n) is 3.24. The monoisotopic (exact) mass is 416 g/mol. The van der Waals surface area contributed by atoms with Crippen LogP contribution in [0.5, 0.6) is 5.75 Å². The molecule has 0 aliphatic carbocycles. The number of H-pyrrole nitrogens is 1. The number of aliphatic carboxylic acids is 1. The number of hydrogen-bond donors (Lipinski definition) is 4. The Morgan fingerprint density at radius 3 is 2.72 bits per heavy atom. The SMILES string of the molecule is C[C@H](Cc1c[nH]c2c(O[C@H](C)C(=O)O)cccc12)NC[C@@H](O)c1cccc(Cl)c1. The highest BCUT2D eigenvalue weighted by Crippen LogP contribution is 2.29. The molecule has 0 aliphatic heterocycles. The third-order valence-electron chi connectivity index (χ3n) is 4.83. The minimum Gasteiger partial charge on any atom is -0.479 e. The molecule has 0 bridgehead atoms. The topological polar surface area (TPSA) is 94.6 Å². The Kier molecular flexibility index (Phi) is 6.79. The molecule has 1 aromatic heterocycles. The Hall–Kier alpha value is -2.54. The number of hydrogen-bond acceptors (Lipinski definition) is 4. The Morgan fingerprint density at radius 1 is 1.24 bits per heavy atom. The van der Waals surface area contributed by atoms with E-state index in [1.165, 1.54) is 6.92 Å². The lowest BCUT2D eigenvalue weighted by atomic mass is 10.0. The van der Waals surface area contributed by atoms with Gasteiger partial charge in [0, 0.05) is 29.2 Å². The first-order valence-corrected chi connectivity index (χ1v) is 9.88. The summed E-state index contributed by atoms with van der Waals surface area (Å²) in [4.78, 5) is 14.3. The Morgan fingerprint density at radius 2 is 2.00 bits per heavy atom. The number of halogens is 1. The summed E-state index contributed by atoms with van der Waals surface area (Å²) < 4.78 is 5.55. The van der Waals surface area contributed by atoms with Crippen LogP contribution in [0.4, 0.5) is 0 Å². The molecule has 154 valence electrons. The van der Waals surface area contributed by atoms with Crippen LogP contribution in [0.1, 0.15) is 31.1 Å². The number of para-hydroxylation sites is 1. The summed E-state index contributed by atoms with van der Waals surface area (Å²) in [7, 11) is 0. The largest absolute Gasteiger partial charge is 0.479 e. The molecule has 0 aliphatic rings. The van der Waals surface area contributed by atoms with Crippen molar-refractivity contribution >= 4 is 28.5 Å². The van der Waals surface area contributed by atoms with Crippen LogP contribution in [0, 0.1) is 0 Å². The van der Waals surface area contributed by atoms with Crippen molar-refractivity contribution in [2.75, 3.05) is 6.54 Å². The number of aliphatic hydroxyl groups excluding tert-OH is 1. The molecule has 3 atom stereocenters. The third-order valence-corrected chi connectivity index (χ3v) is 5.07.